The molecule has 0 unspecified atom stereocenters. The van der Waals surface area contributed by atoms with Crippen LogP contribution in [0.2, 0.25) is 0 Å². The van der Waals surface area contributed by atoms with E-state index in [-0.39, 0.29) is 25.0 Å². The van der Waals surface area contributed by atoms with Gasteiger partial charge < -0.3 is 5.11 Å². The van der Waals surface area contributed by atoms with Crippen LogP contribution in [-0.2, 0) is 19.5 Å². The van der Waals surface area contributed by atoms with Gasteiger partial charge >= 0.3 is 5.97 Å². The van der Waals surface area contributed by atoms with Crippen molar-refractivity contribution < 1.29 is 29.4 Å². The summed E-state index contributed by atoms with van der Waals surface area (Å²) in [5, 5.41) is 8.96. The van der Waals surface area contributed by atoms with Crippen molar-refractivity contribution in [1.29, 1.82) is 0 Å². The zero-order valence-corrected chi connectivity index (χ0v) is 9.88. The molecular formula is C11H8N2O2Ru. The summed E-state index contributed by atoms with van der Waals surface area (Å²) in [6.45, 7) is 0. The molecule has 0 spiro atoms. The standard InChI is InChI=1S/C11H8N2O2.Ru/c14-11(15)8-4-3-7-13-10(8)9-5-1-2-6-12-9;/h1-7H,(H,14,15);. The van der Waals surface area contributed by atoms with E-state index < -0.39 is 5.97 Å². The van der Waals surface area contributed by atoms with Crippen LogP contribution in [0.3, 0.4) is 0 Å². The van der Waals surface area contributed by atoms with Crippen molar-refractivity contribution in [2.75, 3.05) is 0 Å². The Morgan fingerprint density at radius 1 is 1.06 bits per heavy atom. The summed E-state index contributed by atoms with van der Waals surface area (Å²) in [6.07, 6.45) is 3.16. The molecule has 82 valence electrons. The Bertz CT molecular complexity index is 488. The van der Waals surface area contributed by atoms with Gasteiger partial charge in [-0.3, -0.25) is 9.97 Å². The summed E-state index contributed by atoms with van der Waals surface area (Å²) in [5.41, 5.74) is 1.12. The van der Waals surface area contributed by atoms with Gasteiger partial charge in [0.2, 0.25) is 0 Å². The van der Waals surface area contributed by atoms with Crippen molar-refractivity contribution in [3.8, 4) is 11.4 Å². The predicted molar refractivity (Wildman–Crippen MR) is 54.4 cm³/mol. The fourth-order valence-electron chi connectivity index (χ4n) is 1.28. The maximum atomic E-state index is 10.9. The average molecular weight is 301 g/mol. The largest absolute Gasteiger partial charge is 0.478 e. The summed E-state index contributed by atoms with van der Waals surface area (Å²) >= 11 is 0. The molecule has 4 nitrogen and oxygen atoms in total. The van der Waals surface area contributed by atoms with Crippen LogP contribution in [0.25, 0.3) is 11.4 Å². The maximum Gasteiger partial charge on any atom is 0.337 e. The number of carbonyl (C=O) groups is 1. The molecule has 2 aromatic rings. The number of hydrogen-bond acceptors (Lipinski definition) is 3. The minimum atomic E-state index is -0.997. The van der Waals surface area contributed by atoms with Crippen molar-refractivity contribution in [3.63, 3.8) is 0 Å². The van der Waals surface area contributed by atoms with E-state index in [0.29, 0.717) is 11.4 Å². The molecule has 0 amide bonds. The number of carboxylic acid groups (broad SMARTS) is 1. The van der Waals surface area contributed by atoms with E-state index in [9.17, 15) is 4.79 Å². The van der Waals surface area contributed by atoms with Crippen molar-refractivity contribution in [2.45, 2.75) is 0 Å². The minimum Gasteiger partial charge on any atom is -0.478 e. The van der Waals surface area contributed by atoms with E-state index in [1.54, 1.807) is 36.7 Å². The molecule has 2 rings (SSSR count). The number of rotatable bonds is 2. The summed E-state index contributed by atoms with van der Waals surface area (Å²) < 4.78 is 0. The molecule has 0 bridgehead atoms. The molecule has 16 heavy (non-hydrogen) atoms. The molecule has 0 saturated heterocycles. The smallest absolute Gasteiger partial charge is 0.337 e. The van der Waals surface area contributed by atoms with Gasteiger partial charge in [0.1, 0.15) is 5.69 Å². The van der Waals surface area contributed by atoms with Gasteiger partial charge in [-0.25, -0.2) is 4.79 Å². The van der Waals surface area contributed by atoms with Crippen LogP contribution in [0.15, 0.2) is 42.7 Å². The SMILES string of the molecule is O=C(O)c1cccnc1-c1ccccn1.[Ru]. The summed E-state index contributed by atoms with van der Waals surface area (Å²) in [6, 6.07) is 8.40. The van der Waals surface area contributed by atoms with Crippen LogP contribution in [0.4, 0.5) is 0 Å². The second kappa shape index (κ2) is 5.47. The normalized spacial score (nSPS) is 9.25. The van der Waals surface area contributed by atoms with Gasteiger partial charge in [0, 0.05) is 31.9 Å². The van der Waals surface area contributed by atoms with Crippen LogP contribution in [0.1, 0.15) is 10.4 Å². The molecule has 0 radical (unpaired) electrons. The summed E-state index contributed by atoms with van der Waals surface area (Å²) in [5.74, 6) is -0.997. The Morgan fingerprint density at radius 3 is 2.44 bits per heavy atom. The first-order valence-electron chi connectivity index (χ1n) is 4.39. The number of hydrogen-bond donors (Lipinski definition) is 1. The summed E-state index contributed by atoms with van der Waals surface area (Å²) in [4.78, 5) is 19.0. The van der Waals surface area contributed by atoms with Crippen molar-refractivity contribution in [3.05, 3.63) is 48.3 Å². The van der Waals surface area contributed by atoms with Crippen LogP contribution in [-0.4, -0.2) is 21.0 Å². The fraction of sp³-hybridized carbons (Fsp3) is 0. The molecule has 2 heterocycles. The van der Waals surface area contributed by atoms with Crippen molar-refractivity contribution >= 4 is 5.97 Å². The first-order valence-corrected chi connectivity index (χ1v) is 4.39. The van der Waals surface area contributed by atoms with Gasteiger partial charge in [0.05, 0.1) is 11.3 Å². The van der Waals surface area contributed by atoms with Gasteiger partial charge in [-0.15, -0.1) is 0 Å². The monoisotopic (exact) mass is 302 g/mol. The van der Waals surface area contributed by atoms with E-state index in [2.05, 4.69) is 9.97 Å². The van der Waals surface area contributed by atoms with Crippen LogP contribution < -0.4 is 0 Å². The Labute approximate surface area is 105 Å². The summed E-state index contributed by atoms with van der Waals surface area (Å²) in [7, 11) is 0. The van der Waals surface area contributed by atoms with E-state index >= 15 is 0 Å². The molecule has 0 aliphatic heterocycles. The van der Waals surface area contributed by atoms with E-state index in [1.165, 1.54) is 6.07 Å². The van der Waals surface area contributed by atoms with Crippen molar-refractivity contribution in [1.82, 2.24) is 9.97 Å². The van der Waals surface area contributed by atoms with Crippen LogP contribution in [0.5, 0.6) is 0 Å². The molecule has 0 atom stereocenters. The number of aromatic nitrogens is 2. The minimum absolute atomic E-state index is 0. The third-order valence-corrected chi connectivity index (χ3v) is 1.95. The van der Waals surface area contributed by atoms with Crippen LogP contribution >= 0.6 is 0 Å². The second-order valence-corrected chi connectivity index (χ2v) is 2.92. The molecule has 0 aliphatic carbocycles. The van der Waals surface area contributed by atoms with Gasteiger partial charge in [-0.2, -0.15) is 0 Å². The topological polar surface area (TPSA) is 63.1 Å². The van der Waals surface area contributed by atoms with Crippen LogP contribution in [0, 0.1) is 0 Å². The van der Waals surface area contributed by atoms with Crippen molar-refractivity contribution in [2.24, 2.45) is 0 Å². The Morgan fingerprint density at radius 2 is 1.81 bits per heavy atom. The zero-order valence-electron chi connectivity index (χ0n) is 8.14. The zero-order chi connectivity index (χ0) is 10.7. The third kappa shape index (κ3) is 2.49. The quantitative estimate of drug-likeness (QED) is 0.860. The number of nitrogens with zero attached hydrogens (tertiary/aromatic N) is 2. The number of aromatic carboxylic acids is 1. The van der Waals surface area contributed by atoms with Gasteiger partial charge in [0.15, 0.2) is 0 Å². The van der Waals surface area contributed by atoms with Gasteiger partial charge in [-0.05, 0) is 24.3 Å². The molecule has 1 N–H and O–H groups in total. The molecule has 0 aliphatic rings. The second-order valence-electron chi connectivity index (χ2n) is 2.92. The third-order valence-electron chi connectivity index (χ3n) is 1.95. The first kappa shape index (κ1) is 12.5. The Kier molecular flexibility index (Phi) is 4.26. The average Bonchev–Trinajstić information content (AvgIpc) is 2.30. The van der Waals surface area contributed by atoms with E-state index in [4.69, 9.17) is 5.11 Å². The Balaban J connectivity index is 0.00000128. The Hall–Kier alpha value is -1.61. The fourth-order valence-corrected chi connectivity index (χ4v) is 1.28. The molecule has 2 aromatic heterocycles. The molecule has 5 heteroatoms. The predicted octanol–water partition coefficient (Wildman–Crippen LogP) is 1.84. The molecule has 0 aromatic carbocycles. The van der Waals surface area contributed by atoms with E-state index in [0.717, 1.165) is 0 Å². The maximum absolute atomic E-state index is 10.9. The number of pyridine rings is 2. The molecule has 0 fully saturated rings. The van der Waals surface area contributed by atoms with Gasteiger partial charge in [-0.1, -0.05) is 6.07 Å². The first-order chi connectivity index (χ1) is 7.29. The molecule has 0 saturated carbocycles. The van der Waals surface area contributed by atoms with E-state index in [1.807, 2.05) is 0 Å². The molecular weight excluding hydrogens is 293 g/mol. The van der Waals surface area contributed by atoms with Gasteiger partial charge in [0.25, 0.3) is 0 Å². The number of carboxylic acids is 1.